The molecule has 7 nitrogen and oxygen atoms in total. The van der Waals surface area contributed by atoms with Crippen molar-refractivity contribution in [2.24, 2.45) is 18.9 Å². The number of anilines is 1. The largest absolute Gasteiger partial charge is 0.416 e. The minimum Gasteiger partial charge on any atom is -0.342 e. The van der Waals surface area contributed by atoms with Gasteiger partial charge < -0.3 is 9.80 Å². The van der Waals surface area contributed by atoms with Crippen LogP contribution >= 0.6 is 0 Å². The molecular weight excluding hydrogens is 466 g/mol. The van der Waals surface area contributed by atoms with Crippen LogP contribution in [0.4, 0.5) is 23.5 Å². The van der Waals surface area contributed by atoms with Crippen molar-refractivity contribution in [3.05, 3.63) is 76.1 Å². The van der Waals surface area contributed by atoms with Crippen LogP contribution in [0.5, 0.6) is 0 Å². The second-order valence-electron chi connectivity index (χ2n) is 8.91. The van der Waals surface area contributed by atoms with Gasteiger partial charge in [0, 0.05) is 68.5 Å². The second kappa shape index (κ2) is 8.17. The summed E-state index contributed by atoms with van der Waals surface area (Å²) in [5.74, 6) is -0.487. The summed E-state index contributed by atoms with van der Waals surface area (Å²) in [5, 5.41) is 0. The van der Waals surface area contributed by atoms with Gasteiger partial charge >= 0.3 is 6.18 Å². The number of nitrogens with zero attached hydrogens (tertiary/aromatic N) is 5. The molecule has 1 saturated heterocycles. The molecule has 35 heavy (non-hydrogen) atoms. The smallest absolute Gasteiger partial charge is 0.342 e. The van der Waals surface area contributed by atoms with Crippen LogP contribution in [0.2, 0.25) is 0 Å². The van der Waals surface area contributed by atoms with Gasteiger partial charge in [0.1, 0.15) is 0 Å². The molecule has 11 heteroatoms. The zero-order valence-electron chi connectivity index (χ0n) is 18.8. The number of aromatic nitrogens is 3. The summed E-state index contributed by atoms with van der Waals surface area (Å²) in [5.41, 5.74) is -0.839. The van der Waals surface area contributed by atoms with E-state index in [0.29, 0.717) is 19.0 Å². The van der Waals surface area contributed by atoms with Crippen LogP contribution in [-0.2, 0) is 13.2 Å². The van der Waals surface area contributed by atoms with Gasteiger partial charge in [0.05, 0.1) is 17.5 Å². The summed E-state index contributed by atoms with van der Waals surface area (Å²) in [7, 11) is 3.37. The van der Waals surface area contributed by atoms with E-state index in [2.05, 4.69) is 9.97 Å². The highest BCUT2D eigenvalue weighted by Gasteiger charge is 2.59. The Kier molecular flexibility index (Phi) is 5.37. The first-order valence-electron chi connectivity index (χ1n) is 10.9. The number of fused-ring (bicyclic) bond motifs is 1. The number of amides is 1. The van der Waals surface area contributed by atoms with Gasteiger partial charge in [0.15, 0.2) is 5.82 Å². The summed E-state index contributed by atoms with van der Waals surface area (Å²) >= 11 is 0. The molecule has 0 radical (unpaired) electrons. The third kappa shape index (κ3) is 4.04. The minimum atomic E-state index is -4.52. The lowest BCUT2D eigenvalue weighted by molar-refractivity contribution is -0.137. The third-order valence-corrected chi connectivity index (χ3v) is 6.80. The summed E-state index contributed by atoms with van der Waals surface area (Å²) < 4.78 is 54.6. The Bertz CT molecular complexity index is 1360. The Balaban J connectivity index is 1.33. The monoisotopic (exact) mass is 487 g/mol. The van der Waals surface area contributed by atoms with E-state index in [0.717, 1.165) is 18.3 Å². The van der Waals surface area contributed by atoms with E-state index in [4.69, 9.17) is 0 Å². The van der Waals surface area contributed by atoms with Gasteiger partial charge in [-0.2, -0.15) is 13.2 Å². The van der Waals surface area contributed by atoms with Crippen molar-refractivity contribution in [1.29, 1.82) is 0 Å². The average molecular weight is 487 g/mol. The molecule has 182 valence electrons. The number of hydrogen-bond donors (Lipinski definition) is 0. The van der Waals surface area contributed by atoms with Gasteiger partial charge in [0.2, 0.25) is 5.95 Å². The van der Waals surface area contributed by atoms with Gasteiger partial charge in [-0.25, -0.2) is 9.37 Å². The zero-order chi connectivity index (χ0) is 25.1. The fraction of sp³-hybridized carbons (Fsp3) is 0.333. The molecule has 1 saturated carbocycles. The normalized spacial score (nSPS) is 21.1. The number of hydrogen-bond acceptors (Lipinski definition) is 5. The fourth-order valence-electron chi connectivity index (χ4n) is 4.94. The van der Waals surface area contributed by atoms with Crippen LogP contribution < -0.4 is 10.5 Å². The van der Waals surface area contributed by atoms with Gasteiger partial charge in [-0.1, -0.05) is 6.07 Å². The van der Waals surface area contributed by atoms with Crippen LogP contribution in [0, 0.1) is 17.7 Å². The van der Waals surface area contributed by atoms with E-state index in [-0.39, 0.29) is 40.3 Å². The number of rotatable bonds is 4. The number of carbonyl (C=O) groups is 1. The second-order valence-corrected chi connectivity index (χ2v) is 8.91. The lowest BCUT2D eigenvalue weighted by Crippen LogP contribution is -2.38. The topological polar surface area (TPSA) is 71.3 Å². The molecule has 0 spiro atoms. The molecule has 0 bridgehead atoms. The van der Waals surface area contributed by atoms with Crippen LogP contribution in [0.3, 0.4) is 0 Å². The maximum absolute atomic E-state index is 14.2. The molecule has 2 fully saturated rings. The summed E-state index contributed by atoms with van der Waals surface area (Å²) in [6.45, 7) is 0.781. The van der Waals surface area contributed by atoms with Gasteiger partial charge in [-0.3, -0.25) is 19.1 Å². The highest BCUT2D eigenvalue weighted by molar-refractivity contribution is 5.94. The molecule has 0 unspecified atom stereocenters. The quantitative estimate of drug-likeness (QED) is 0.529. The molecule has 2 aromatic heterocycles. The third-order valence-electron chi connectivity index (χ3n) is 6.80. The standard InChI is InChI=1S/C24H21F4N5O2/c1-31-20(34)9-19(15-6-7-29-10-18(15)25)30-23(31)32(2)21-16-11-33(12-17(16)21)22(35)13-4-3-5-14(8-13)24(26,27)28/h3-10,16-17,21H,11-12H2,1-2H3/t16-,17+,21+. The zero-order valence-corrected chi connectivity index (χ0v) is 18.8. The van der Waals surface area contributed by atoms with Gasteiger partial charge in [-0.05, 0) is 24.3 Å². The number of piperidine rings is 1. The lowest BCUT2D eigenvalue weighted by atomic mass is 10.1. The van der Waals surface area contributed by atoms with Gasteiger partial charge in [0.25, 0.3) is 11.5 Å². The first-order chi connectivity index (χ1) is 16.6. The molecule has 3 aromatic rings. The molecule has 2 aliphatic rings. The van der Waals surface area contributed by atoms with Crippen molar-refractivity contribution in [3.8, 4) is 11.3 Å². The van der Waals surface area contributed by atoms with E-state index < -0.39 is 23.5 Å². The van der Waals surface area contributed by atoms with E-state index in [1.165, 1.54) is 35.0 Å². The van der Waals surface area contributed by atoms with Crippen LogP contribution in [0.1, 0.15) is 15.9 Å². The molecule has 5 rings (SSSR count). The number of likely N-dealkylation sites (tertiary alicyclic amines) is 1. The first-order valence-corrected chi connectivity index (χ1v) is 10.9. The summed E-state index contributed by atoms with van der Waals surface area (Å²) in [6, 6.07) is 7.13. The van der Waals surface area contributed by atoms with E-state index in [9.17, 15) is 27.2 Å². The van der Waals surface area contributed by atoms with Crippen molar-refractivity contribution in [2.75, 3.05) is 25.0 Å². The van der Waals surface area contributed by atoms with Crippen molar-refractivity contribution in [1.82, 2.24) is 19.4 Å². The molecule has 1 amide bonds. The van der Waals surface area contributed by atoms with Crippen LogP contribution in [0.25, 0.3) is 11.3 Å². The van der Waals surface area contributed by atoms with Gasteiger partial charge in [-0.15, -0.1) is 0 Å². The van der Waals surface area contributed by atoms with E-state index in [1.54, 1.807) is 19.0 Å². The number of carbonyl (C=O) groups excluding carboxylic acids is 1. The highest BCUT2D eigenvalue weighted by Crippen LogP contribution is 2.49. The molecule has 1 aromatic carbocycles. The van der Waals surface area contributed by atoms with Crippen molar-refractivity contribution in [2.45, 2.75) is 12.2 Å². The van der Waals surface area contributed by atoms with E-state index >= 15 is 0 Å². The maximum Gasteiger partial charge on any atom is 0.416 e. The number of halogens is 4. The van der Waals surface area contributed by atoms with Crippen molar-refractivity contribution < 1.29 is 22.4 Å². The Hall–Kier alpha value is -3.76. The van der Waals surface area contributed by atoms with Crippen LogP contribution in [-0.4, -0.2) is 51.5 Å². The highest BCUT2D eigenvalue weighted by atomic mass is 19.4. The Morgan fingerprint density at radius 1 is 1.14 bits per heavy atom. The summed E-state index contributed by atoms with van der Waals surface area (Å²) in [4.78, 5) is 37.0. The SMILES string of the molecule is CN(c1nc(-c2ccncc2F)cc(=O)n1C)[C@H]1[C@@H]2CN(C(=O)c3cccc(C(F)(F)F)c3)C[C@@H]21. The number of pyridine rings is 1. The Morgan fingerprint density at radius 3 is 2.51 bits per heavy atom. The predicted molar refractivity (Wildman–Crippen MR) is 119 cm³/mol. The molecule has 3 heterocycles. The molecule has 3 atom stereocenters. The first kappa shape index (κ1) is 23.0. The predicted octanol–water partition coefficient (Wildman–Crippen LogP) is 3.21. The maximum atomic E-state index is 14.2. The molecule has 0 N–H and O–H groups in total. The Labute approximate surface area is 197 Å². The van der Waals surface area contributed by atoms with Crippen molar-refractivity contribution in [3.63, 3.8) is 0 Å². The average Bonchev–Trinajstić information content (AvgIpc) is 3.32. The number of benzene rings is 1. The molecule has 1 aliphatic heterocycles. The summed E-state index contributed by atoms with van der Waals surface area (Å²) in [6.07, 6.45) is -2.05. The van der Waals surface area contributed by atoms with Crippen molar-refractivity contribution >= 4 is 11.9 Å². The van der Waals surface area contributed by atoms with Crippen LogP contribution in [0.15, 0.2) is 53.6 Å². The minimum absolute atomic E-state index is 0.00201. The fourth-order valence-corrected chi connectivity index (χ4v) is 4.94. The molecular formula is C24H21F4N5O2. The molecule has 1 aliphatic carbocycles. The Morgan fingerprint density at radius 2 is 1.86 bits per heavy atom. The number of alkyl halides is 3. The lowest BCUT2D eigenvalue weighted by Gasteiger charge is -2.26. The van der Waals surface area contributed by atoms with E-state index in [1.807, 2.05) is 4.90 Å².